The average Bonchev–Trinajstić information content (AvgIpc) is 3.12. The van der Waals surface area contributed by atoms with Crippen LogP contribution in [0.1, 0.15) is 29.8 Å². The second kappa shape index (κ2) is 9.04. The van der Waals surface area contributed by atoms with Crippen molar-refractivity contribution < 1.29 is 24.3 Å². The molecule has 0 aliphatic carbocycles. The fourth-order valence-electron chi connectivity index (χ4n) is 4.67. The zero-order chi connectivity index (χ0) is 26.5. The lowest BCUT2D eigenvalue weighted by Crippen LogP contribution is -2.70. The highest BCUT2D eigenvalue weighted by molar-refractivity contribution is 8.01. The molecular formula is C25H23N5O6S. The van der Waals surface area contributed by atoms with Crippen LogP contribution in [0.5, 0.6) is 0 Å². The van der Waals surface area contributed by atoms with Gasteiger partial charge in [0.25, 0.3) is 5.91 Å². The Kier molecular flexibility index (Phi) is 5.98. The van der Waals surface area contributed by atoms with Crippen LogP contribution < -0.4 is 16.1 Å². The van der Waals surface area contributed by atoms with Gasteiger partial charge in [-0.1, -0.05) is 12.1 Å². The summed E-state index contributed by atoms with van der Waals surface area (Å²) >= 11 is 1.36. The topological polar surface area (TPSA) is 162 Å². The Morgan fingerprint density at radius 2 is 1.89 bits per heavy atom. The van der Waals surface area contributed by atoms with Crippen LogP contribution in [-0.2, 0) is 20.8 Å². The van der Waals surface area contributed by atoms with Crippen molar-refractivity contribution in [1.29, 1.82) is 0 Å². The lowest BCUT2D eigenvalue weighted by atomic mass is 9.96. The number of β-lactam (4-membered cyclic amide) rings is 1. The molecule has 0 bridgehead atoms. The van der Waals surface area contributed by atoms with Crippen molar-refractivity contribution in [2.24, 2.45) is 0 Å². The maximum Gasteiger partial charge on any atom is 0.327 e. The molecule has 0 saturated carbocycles. The van der Waals surface area contributed by atoms with Crippen molar-refractivity contribution >= 4 is 52.2 Å². The standard InChI is InChI=1S/C25H23N5O6S/c1-25(2)20(24(35)36)30-22(34)18(23(30)37-25)29-16(31)10-12-5-7-13(8-6-12)28-21(33)14-11-27-15-4-3-9-26-17(15)19(14)32/h3-9,11,18,20,23H,10H2,1-2H3,(H,27,32)(H,28,33)(H,29,31)(H,35,36)/t18?,20-,23+/m0/s1. The number of hydrogen-bond acceptors (Lipinski definition) is 7. The molecule has 3 amide bonds. The number of H-pyrrole nitrogens is 1. The minimum atomic E-state index is -1.06. The van der Waals surface area contributed by atoms with E-state index in [9.17, 15) is 29.1 Å². The highest BCUT2D eigenvalue weighted by Crippen LogP contribution is 2.50. The summed E-state index contributed by atoms with van der Waals surface area (Å²) in [6.07, 6.45) is 2.81. The number of carboxylic acids is 1. The number of nitrogens with zero attached hydrogens (tertiary/aromatic N) is 2. The molecule has 190 valence electrons. The number of pyridine rings is 2. The smallest absolute Gasteiger partial charge is 0.327 e. The van der Waals surface area contributed by atoms with Crippen LogP contribution in [0.2, 0.25) is 0 Å². The summed E-state index contributed by atoms with van der Waals surface area (Å²) in [6.45, 7) is 3.54. The van der Waals surface area contributed by atoms with Gasteiger partial charge in [0.15, 0.2) is 0 Å². The molecule has 5 rings (SSSR count). The molecule has 12 heteroatoms. The van der Waals surface area contributed by atoms with Crippen molar-refractivity contribution in [2.75, 3.05) is 5.32 Å². The number of nitrogens with one attached hydrogen (secondary N) is 3. The minimum Gasteiger partial charge on any atom is -0.480 e. The molecule has 4 N–H and O–H groups in total. The first-order chi connectivity index (χ1) is 17.6. The van der Waals surface area contributed by atoms with E-state index in [0.717, 1.165) is 0 Å². The Morgan fingerprint density at radius 1 is 1.16 bits per heavy atom. The van der Waals surface area contributed by atoms with Crippen LogP contribution in [0.25, 0.3) is 11.0 Å². The van der Waals surface area contributed by atoms with Crippen molar-refractivity contribution in [3.63, 3.8) is 0 Å². The van der Waals surface area contributed by atoms with E-state index in [2.05, 4.69) is 20.6 Å². The van der Waals surface area contributed by atoms with Gasteiger partial charge in [0.2, 0.25) is 17.2 Å². The van der Waals surface area contributed by atoms with Crippen LogP contribution in [0.15, 0.2) is 53.6 Å². The molecular weight excluding hydrogens is 498 g/mol. The molecule has 37 heavy (non-hydrogen) atoms. The molecule has 2 aromatic heterocycles. The number of carboxylic acid groups (broad SMARTS) is 1. The molecule has 2 saturated heterocycles. The van der Waals surface area contributed by atoms with Crippen molar-refractivity contribution in [1.82, 2.24) is 20.2 Å². The van der Waals surface area contributed by atoms with E-state index in [1.54, 1.807) is 50.2 Å². The fraction of sp³-hybridized carbons (Fsp3) is 0.280. The lowest BCUT2D eigenvalue weighted by Gasteiger charge is -2.43. The van der Waals surface area contributed by atoms with Gasteiger partial charge in [-0.25, -0.2) is 4.79 Å². The van der Waals surface area contributed by atoms with Crippen LogP contribution in [0, 0.1) is 0 Å². The first kappa shape index (κ1) is 24.5. The summed E-state index contributed by atoms with van der Waals surface area (Å²) in [7, 11) is 0. The number of fused-ring (bicyclic) bond motifs is 2. The van der Waals surface area contributed by atoms with Crippen LogP contribution in [0.4, 0.5) is 5.69 Å². The highest BCUT2D eigenvalue weighted by Gasteiger charge is 2.64. The number of carbonyl (C=O) groups is 4. The maximum atomic E-state index is 12.6. The van der Waals surface area contributed by atoms with Gasteiger partial charge < -0.3 is 25.6 Å². The van der Waals surface area contributed by atoms with Gasteiger partial charge in [-0.2, -0.15) is 0 Å². The molecule has 1 unspecified atom stereocenters. The number of amides is 3. The number of benzene rings is 1. The van der Waals surface area contributed by atoms with E-state index in [0.29, 0.717) is 16.8 Å². The number of rotatable bonds is 6. The minimum absolute atomic E-state index is 0.00282. The number of hydrogen-bond donors (Lipinski definition) is 4. The van der Waals surface area contributed by atoms with Gasteiger partial charge in [-0.15, -0.1) is 11.8 Å². The first-order valence-corrected chi connectivity index (χ1v) is 12.3. The summed E-state index contributed by atoms with van der Waals surface area (Å²) in [5.74, 6) is -2.43. The molecule has 0 spiro atoms. The number of carbonyl (C=O) groups excluding carboxylic acids is 3. The summed E-state index contributed by atoms with van der Waals surface area (Å²) in [6, 6.07) is 8.20. The molecule has 0 radical (unpaired) electrons. The van der Waals surface area contributed by atoms with E-state index in [-0.39, 0.29) is 23.4 Å². The van der Waals surface area contributed by atoms with Crippen LogP contribution >= 0.6 is 11.8 Å². The predicted molar refractivity (Wildman–Crippen MR) is 136 cm³/mol. The molecule has 3 atom stereocenters. The second-order valence-electron chi connectivity index (χ2n) is 9.40. The van der Waals surface area contributed by atoms with Gasteiger partial charge in [-0.3, -0.25) is 24.2 Å². The quantitative estimate of drug-likeness (QED) is 0.354. The monoisotopic (exact) mass is 521 g/mol. The van der Waals surface area contributed by atoms with E-state index in [1.165, 1.54) is 29.1 Å². The molecule has 2 aliphatic heterocycles. The van der Waals surface area contributed by atoms with E-state index < -0.39 is 45.4 Å². The highest BCUT2D eigenvalue weighted by atomic mass is 32.2. The zero-order valence-corrected chi connectivity index (χ0v) is 20.7. The third kappa shape index (κ3) is 4.33. The Morgan fingerprint density at radius 3 is 2.59 bits per heavy atom. The van der Waals surface area contributed by atoms with E-state index in [1.807, 2.05) is 0 Å². The molecule has 4 heterocycles. The van der Waals surface area contributed by atoms with Gasteiger partial charge in [-0.05, 0) is 43.7 Å². The summed E-state index contributed by atoms with van der Waals surface area (Å²) in [4.78, 5) is 70.2. The van der Waals surface area contributed by atoms with Crippen LogP contribution in [-0.4, -0.2) is 65.9 Å². The Labute approximate surface area is 214 Å². The van der Waals surface area contributed by atoms with Gasteiger partial charge in [0, 0.05) is 22.8 Å². The number of aromatic nitrogens is 2. The molecule has 1 aromatic carbocycles. The number of aliphatic carboxylic acids is 1. The third-order valence-corrected chi connectivity index (χ3v) is 8.02. The number of anilines is 1. The van der Waals surface area contributed by atoms with Crippen molar-refractivity contribution in [2.45, 2.75) is 42.5 Å². The average molecular weight is 522 g/mol. The second-order valence-corrected chi connectivity index (χ2v) is 11.2. The van der Waals surface area contributed by atoms with Crippen molar-refractivity contribution in [3.05, 3.63) is 70.1 Å². The molecule has 3 aromatic rings. The van der Waals surface area contributed by atoms with Gasteiger partial charge in [0.05, 0.1) is 11.9 Å². The predicted octanol–water partition coefficient (Wildman–Crippen LogP) is 1.35. The molecule has 11 nitrogen and oxygen atoms in total. The van der Waals surface area contributed by atoms with E-state index in [4.69, 9.17) is 0 Å². The summed E-state index contributed by atoms with van der Waals surface area (Å²) in [5.41, 5.74) is 1.22. The normalized spacial score (nSPS) is 21.7. The van der Waals surface area contributed by atoms with E-state index >= 15 is 0 Å². The van der Waals surface area contributed by atoms with Crippen molar-refractivity contribution in [3.8, 4) is 0 Å². The van der Waals surface area contributed by atoms with Gasteiger partial charge >= 0.3 is 5.97 Å². The number of thioether (sulfide) groups is 1. The fourth-order valence-corrected chi connectivity index (χ4v) is 6.30. The Bertz CT molecular complexity index is 1500. The Balaban J connectivity index is 1.19. The largest absolute Gasteiger partial charge is 0.480 e. The SMILES string of the molecule is CC1(C)S[C@@H]2C(NC(=O)Cc3ccc(NC(=O)c4c[nH]c5cccnc5c4=O)cc3)C(=O)N2[C@H]1C(=O)O. The summed E-state index contributed by atoms with van der Waals surface area (Å²) < 4.78 is -0.667. The first-order valence-electron chi connectivity index (χ1n) is 11.5. The lowest BCUT2D eigenvalue weighted by molar-refractivity contribution is -0.161. The molecule has 2 aliphatic rings. The summed E-state index contributed by atoms with van der Waals surface area (Å²) in [5, 5.41) is 14.5. The zero-order valence-electron chi connectivity index (χ0n) is 19.8. The third-order valence-electron chi connectivity index (χ3n) is 6.45. The maximum absolute atomic E-state index is 12.6. The van der Waals surface area contributed by atoms with Crippen LogP contribution in [0.3, 0.4) is 0 Å². The number of aromatic amines is 1. The van der Waals surface area contributed by atoms with Gasteiger partial charge in [0.1, 0.15) is 28.5 Å². The Hall–Kier alpha value is -4.19. The molecule has 2 fully saturated rings.